The Morgan fingerprint density at radius 3 is 2.07 bits per heavy atom. The normalized spacial score (nSPS) is 14.0. The highest BCUT2D eigenvalue weighted by Gasteiger charge is 2.34. The van der Waals surface area contributed by atoms with E-state index >= 15 is 0 Å². The molecule has 2 aromatic carbocycles. The summed E-state index contributed by atoms with van der Waals surface area (Å²) in [6.45, 7) is 4.91. The summed E-state index contributed by atoms with van der Waals surface area (Å²) in [6.07, 6.45) is -0.328. The third-order valence-corrected chi connectivity index (χ3v) is 5.07. The number of rotatable bonds is 10. The van der Waals surface area contributed by atoms with Gasteiger partial charge in [-0.15, -0.1) is 0 Å². The smallest absolute Gasteiger partial charge is 0.513 e. The number of ether oxygens (including phenoxy) is 1. The van der Waals surface area contributed by atoms with Gasteiger partial charge in [0.15, 0.2) is 0 Å². The quantitative estimate of drug-likeness (QED) is 0.344. The summed E-state index contributed by atoms with van der Waals surface area (Å²) in [7, 11) is -2.80. The van der Waals surface area contributed by atoms with E-state index in [0.29, 0.717) is 5.23 Å². The molecule has 29 heavy (non-hydrogen) atoms. The van der Waals surface area contributed by atoms with E-state index in [4.69, 9.17) is 13.8 Å². The van der Waals surface area contributed by atoms with Crippen LogP contribution < -0.4 is 19.4 Å². The molecule has 0 saturated heterocycles. The van der Waals surface area contributed by atoms with Gasteiger partial charge >= 0.3 is 13.7 Å². The maximum Gasteiger partial charge on any atom is 0.513 e. The molecular weight excluding hydrogens is 399 g/mol. The van der Waals surface area contributed by atoms with Gasteiger partial charge in [0.05, 0.1) is 18.9 Å². The highest BCUT2D eigenvalue weighted by atomic mass is 31.2. The highest BCUT2D eigenvalue weighted by molar-refractivity contribution is 7.52. The van der Waals surface area contributed by atoms with Crippen LogP contribution in [0.3, 0.4) is 0 Å². The summed E-state index contributed by atoms with van der Waals surface area (Å²) in [4.78, 5) is 16.7. The number of carbonyl (C=O) groups excluding carboxylic acids is 1. The molecule has 0 aromatic heterocycles. The van der Waals surface area contributed by atoms with Gasteiger partial charge < -0.3 is 24.2 Å². The van der Waals surface area contributed by atoms with Crippen LogP contribution in [-0.2, 0) is 18.9 Å². The van der Waals surface area contributed by atoms with Crippen molar-refractivity contribution in [3.63, 3.8) is 0 Å². The topological polar surface area (TPSA) is 109 Å². The van der Waals surface area contributed by atoms with Gasteiger partial charge in [-0.05, 0) is 57.2 Å². The molecule has 0 bridgehead atoms. The molecule has 0 fully saturated rings. The van der Waals surface area contributed by atoms with Crippen LogP contribution in [0.5, 0.6) is 11.5 Å². The summed E-state index contributed by atoms with van der Waals surface area (Å²) in [5.41, 5.74) is 0.223. The van der Waals surface area contributed by atoms with Crippen molar-refractivity contribution in [2.75, 3.05) is 12.3 Å². The Morgan fingerprint density at radius 2 is 1.55 bits per heavy atom. The molecule has 2 atom stereocenters. The van der Waals surface area contributed by atoms with Crippen molar-refractivity contribution in [2.45, 2.75) is 32.9 Å². The van der Waals surface area contributed by atoms with E-state index in [1.165, 1.54) is 38.3 Å². The molecule has 0 unspecified atom stereocenters. The monoisotopic (exact) mass is 423 g/mol. The van der Waals surface area contributed by atoms with Gasteiger partial charge in [-0.25, -0.2) is 4.57 Å². The Labute approximate surface area is 169 Å². The minimum absolute atomic E-state index is 0.162. The van der Waals surface area contributed by atoms with E-state index in [1.54, 1.807) is 44.2 Å². The third-order valence-electron chi connectivity index (χ3n) is 3.46. The zero-order chi connectivity index (χ0) is 21.4. The van der Waals surface area contributed by atoms with Crippen LogP contribution in [0, 0.1) is 5.21 Å². The number of hydrogen-bond acceptors (Lipinski definition) is 8. The average molecular weight is 423 g/mol. The van der Waals surface area contributed by atoms with Gasteiger partial charge in [-0.2, -0.15) is 5.09 Å². The van der Waals surface area contributed by atoms with E-state index in [0.717, 1.165) is 0 Å². The van der Waals surface area contributed by atoms with Crippen molar-refractivity contribution in [2.24, 2.45) is 0 Å². The summed E-state index contributed by atoms with van der Waals surface area (Å²) in [6, 6.07) is 13.1. The third kappa shape index (κ3) is 7.07. The van der Waals surface area contributed by atoms with E-state index < -0.39 is 19.8 Å². The fourth-order valence-corrected chi connectivity index (χ4v) is 3.71. The second-order valence-corrected chi connectivity index (χ2v) is 7.88. The average Bonchev–Trinajstić information content (AvgIpc) is 2.67. The molecule has 9 nitrogen and oxygen atoms in total. The largest absolute Gasteiger partial charge is 0.733 e. The summed E-state index contributed by atoms with van der Waals surface area (Å²) >= 11 is 0. The first-order valence-corrected chi connectivity index (χ1v) is 10.4. The van der Waals surface area contributed by atoms with E-state index in [1.807, 2.05) is 0 Å². The molecule has 0 saturated carbocycles. The Bertz CT molecular complexity index is 830. The molecule has 0 heterocycles. The Balaban J connectivity index is 2.22. The summed E-state index contributed by atoms with van der Waals surface area (Å²) < 4.78 is 29.6. The number of esters is 1. The van der Waals surface area contributed by atoms with E-state index in [9.17, 15) is 14.6 Å². The van der Waals surface area contributed by atoms with Crippen molar-refractivity contribution in [1.82, 2.24) is 5.09 Å². The van der Waals surface area contributed by atoms with Crippen LogP contribution in [0.25, 0.3) is 0 Å². The first-order valence-electron chi connectivity index (χ1n) is 8.86. The summed E-state index contributed by atoms with van der Waals surface area (Å²) in [5, 5.41) is 14.4. The molecule has 0 aliphatic carbocycles. The van der Waals surface area contributed by atoms with Crippen LogP contribution in [0.15, 0.2) is 54.6 Å². The fourth-order valence-electron chi connectivity index (χ4n) is 2.19. The number of nitrogens with one attached hydrogen (secondary N) is 1. The predicted octanol–water partition coefficient (Wildman–Crippen LogP) is 4.05. The molecule has 0 aliphatic heterocycles. The molecule has 158 valence electrons. The van der Waals surface area contributed by atoms with Crippen LogP contribution in [0.1, 0.15) is 20.8 Å². The van der Waals surface area contributed by atoms with Crippen LogP contribution >= 0.6 is 7.75 Å². The minimum Gasteiger partial charge on any atom is -0.733 e. The number of hydrogen-bond donors (Lipinski definition) is 1. The molecule has 0 spiro atoms. The molecule has 0 aliphatic rings. The minimum atomic E-state index is -4.04. The zero-order valence-corrected chi connectivity index (χ0v) is 17.5. The highest BCUT2D eigenvalue weighted by Crippen LogP contribution is 2.45. The molecule has 0 radical (unpaired) electrons. The van der Waals surface area contributed by atoms with Gasteiger partial charge in [0.1, 0.15) is 17.5 Å². The maximum atomic E-state index is 13.4. The SMILES string of the molecule is CON([O-])c1ccc(O[P@@](=O)(N[C@@H](C)C(=O)OC(C)C)Oc2ccccc2)cc1. The van der Waals surface area contributed by atoms with Gasteiger partial charge in [0.2, 0.25) is 0 Å². The van der Waals surface area contributed by atoms with Gasteiger partial charge in [0.25, 0.3) is 0 Å². The Kier molecular flexibility index (Phi) is 8.04. The van der Waals surface area contributed by atoms with Crippen LogP contribution in [0.4, 0.5) is 5.69 Å². The lowest BCUT2D eigenvalue weighted by Gasteiger charge is -2.27. The Morgan fingerprint density at radius 1 is 1.00 bits per heavy atom. The van der Waals surface area contributed by atoms with Crippen LogP contribution in [-0.4, -0.2) is 25.2 Å². The predicted molar refractivity (Wildman–Crippen MR) is 108 cm³/mol. The first kappa shape index (κ1) is 22.7. The van der Waals surface area contributed by atoms with Crippen molar-refractivity contribution in [3.8, 4) is 11.5 Å². The van der Waals surface area contributed by atoms with E-state index in [2.05, 4.69) is 9.92 Å². The number of benzene rings is 2. The second kappa shape index (κ2) is 10.3. The molecule has 10 heteroatoms. The van der Waals surface area contributed by atoms with Crippen LogP contribution in [0.2, 0.25) is 0 Å². The Hall–Kier alpha value is -2.58. The number of anilines is 1. The first-order chi connectivity index (χ1) is 13.7. The van der Waals surface area contributed by atoms with Crippen molar-refractivity contribution >= 4 is 19.4 Å². The number of carbonyl (C=O) groups is 1. The molecule has 2 rings (SSSR count). The standard InChI is InChI=1S/C19H24N2O7P/c1-14(2)26-19(22)15(3)20-29(24,27-17-8-6-5-7-9-17)28-18-12-10-16(11-13-18)21(23)25-4/h5-15H,1-4H3,(H,20,24)/q-1/t15-,29+/m0/s1. The van der Waals surface area contributed by atoms with Crippen molar-refractivity contribution in [1.29, 1.82) is 0 Å². The van der Waals surface area contributed by atoms with Gasteiger partial charge in [-0.1, -0.05) is 18.2 Å². The van der Waals surface area contributed by atoms with Gasteiger partial charge in [0, 0.05) is 0 Å². The lowest BCUT2D eigenvalue weighted by molar-refractivity contribution is -0.149. The van der Waals surface area contributed by atoms with Gasteiger partial charge in [-0.3, -0.25) is 9.63 Å². The second-order valence-electron chi connectivity index (χ2n) is 6.26. The lowest BCUT2D eigenvalue weighted by Crippen LogP contribution is -2.36. The summed E-state index contributed by atoms with van der Waals surface area (Å²) in [5.74, 6) is -0.151. The number of para-hydroxylation sites is 1. The fraction of sp³-hybridized carbons (Fsp3) is 0.316. The molecular formula is C19H24N2O7P-. The molecule has 2 aromatic rings. The maximum absolute atomic E-state index is 13.4. The van der Waals surface area contributed by atoms with E-state index in [-0.39, 0.29) is 23.3 Å². The number of nitrogens with zero attached hydrogens (tertiary/aromatic N) is 1. The molecule has 0 amide bonds. The zero-order valence-electron chi connectivity index (χ0n) is 16.6. The molecule has 1 N–H and O–H groups in total. The lowest BCUT2D eigenvalue weighted by atomic mass is 10.3. The van der Waals surface area contributed by atoms with Crippen molar-refractivity contribution < 1.29 is 28.0 Å². The van der Waals surface area contributed by atoms with Crippen molar-refractivity contribution in [3.05, 3.63) is 59.8 Å².